The molecule has 1 N–H and O–H groups in total. The Kier molecular flexibility index (Phi) is 3.77. The molecule has 0 unspecified atom stereocenters. The van der Waals surface area contributed by atoms with Gasteiger partial charge in [-0.25, -0.2) is 4.52 Å². The largest absolute Gasteiger partial charge is 0.494 e. The van der Waals surface area contributed by atoms with E-state index in [4.69, 9.17) is 4.74 Å². The molecule has 0 amide bonds. The average Bonchev–Trinajstić information content (AvgIpc) is 2.90. The standard InChI is InChI=1S/C17H19N3O/c1-3-21-15-7-8-16(13(2)10-15)18-11-14-12-19-20-9-5-4-6-17(14)20/h4-10,12,18H,3,11H2,1-2H3. The lowest BCUT2D eigenvalue weighted by Gasteiger charge is -2.11. The third kappa shape index (κ3) is 2.84. The van der Waals surface area contributed by atoms with Gasteiger partial charge in [0.1, 0.15) is 5.75 Å². The second kappa shape index (κ2) is 5.87. The number of hydrogen-bond donors (Lipinski definition) is 1. The zero-order valence-electron chi connectivity index (χ0n) is 12.3. The number of hydrogen-bond acceptors (Lipinski definition) is 3. The number of fused-ring (bicyclic) bond motifs is 1. The first-order chi connectivity index (χ1) is 10.3. The van der Waals surface area contributed by atoms with Gasteiger partial charge in [-0.2, -0.15) is 5.10 Å². The second-order valence-electron chi connectivity index (χ2n) is 4.96. The summed E-state index contributed by atoms with van der Waals surface area (Å²) >= 11 is 0. The maximum absolute atomic E-state index is 5.51. The monoisotopic (exact) mass is 281 g/mol. The van der Waals surface area contributed by atoms with Crippen molar-refractivity contribution in [1.29, 1.82) is 0 Å². The van der Waals surface area contributed by atoms with Gasteiger partial charge in [0.05, 0.1) is 18.3 Å². The van der Waals surface area contributed by atoms with Crippen LogP contribution in [0.3, 0.4) is 0 Å². The van der Waals surface area contributed by atoms with Crippen molar-refractivity contribution in [2.45, 2.75) is 20.4 Å². The zero-order valence-corrected chi connectivity index (χ0v) is 12.3. The highest BCUT2D eigenvalue weighted by Crippen LogP contribution is 2.22. The predicted octanol–water partition coefficient (Wildman–Crippen LogP) is 3.65. The molecule has 0 radical (unpaired) electrons. The summed E-state index contributed by atoms with van der Waals surface area (Å²) in [6.07, 6.45) is 3.87. The Hall–Kier alpha value is -2.49. The van der Waals surface area contributed by atoms with Crippen molar-refractivity contribution in [3.05, 3.63) is 59.9 Å². The van der Waals surface area contributed by atoms with Crippen molar-refractivity contribution in [3.63, 3.8) is 0 Å². The number of rotatable bonds is 5. The van der Waals surface area contributed by atoms with Gasteiger partial charge in [0.2, 0.25) is 0 Å². The lowest BCUT2D eigenvalue weighted by atomic mass is 10.2. The molecule has 0 aliphatic carbocycles. The summed E-state index contributed by atoms with van der Waals surface area (Å²) < 4.78 is 7.40. The van der Waals surface area contributed by atoms with Crippen LogP contribution in [0.4, 0.5) is 5.69 Å². The molecule has 3 rings (SSSR count). The lowest BCUT2D eigenvalue weighted by Crippen LogP contribution is -2.01. The van der Waals surface area contributed by atoms with Gasteiger partial charge in [0.25, 0.3) is 0 Å². The van der Waals surface area contributed by atoms with Crippen LogP contribution in [-0.4, -0.2) is 16.2 Å². The van der Waals surface area contributed by atoms with Crippen LogP contribution in [-0.2, 0) is 6.54 Å². The van der Waals surface area contributed by atoms with Crippen molar-refractivity contribution in [3.8, 4) is 5.75 Å². The van der Waals surface area contributed by atoms with Crippen molar-refractivity contribution < 1.29 is 4.74 Å². The third-order valence-electron chi connectivity index (χ3n) is 3.48. The van der Waals surface area contributed by atoms with Crippen LogP contribution < -0.4 is 10.1 Å². The molecule has 0 aliphatic heterocycles. The number of nitrogens with zero attached hydrogens (tertiary/aromatic N) is 2. The lowest BCUT2D eigenvalue weighted by molar-refractivity contribution is 0.340. The summed E-state index contributed by atoms with van der Waals surface area (Å²) in [5.74, 6) is 0.913. The van der Waals surface area contributed by atoms with E-state index in [0.29, 0.717) is 6.61 Å². The molecule has 108 valence electrons. The Labute approximate surface area is 124 Å². The van der Waals surface area contributed by atoms with Gasteiger partial charge in [-0.15, -0.1) is 0 Å². The minimum Gasteiger partial charge on any atom is -0.494 e. The molecule has 0 saturated carbocycles. The van der Waals surface area contributed by atoms with Gasteiger partial charge in [-0.3, -0.25) is 0 Å². The molecular formula is C17H19N3O. The first-order valence-corrected chi connectivity index (χ1v) is 7.16. The van der Waals surface area contributed by atoms with Gasteiger partial charge >= 0.3 is 0 Å². The molecule has 2 aromatic heterocycles. The molecule has 0 bridgehead atoms. The van der Waals surface area contributed by atoms with Crippen LogP contribution >= 0.6 is 0 Å². The molecule has 1 aromatic carbocycles. The van der Waals surface area contributed by atoms with Crippen LogP contribution in [0.25, 0.3) is 5.52 Å². The minimum absolute atomic E-state index is 0.689. The SMILES string of the molecule is CCOc1ccc(NCc2cnn3ccccc23)c(C)c1. The van der Waals surface area contributed by atoms with Crippen LogP contribution in [0.5, 0.6) is 5.75 Å². The van der Waals surface area contributed by atoms with E-state index in [-0.39, 0.29) is 0 Å². The molecular weight excluding hydrogens is 262 g/mol. The first kappa shape index (κ1) is 13.5. The van der Waals surface area contributed by atoms with Crippen molar-refractivity contribution >= 4 is 11.2 Å². The van der Waals surface area contributed by atoms with E-state index in [0.717, 1.165) is 23.5 Å². The summed E-state index contributed by atoms with van der Waals surface area (Å²) in [6, 6.07) is 12.2. The van der Waals surface area contributed by atoms with E-state index in [1.807, 2.05) is 42.0 Å². The Morgan fingerprint density at radius 1 is 1.24 bits per heavy atom. The molecule has 2 heterocycles. The quantitative estimate of drug-likeness (QED) is 0.775. The minimum atomic E-state index is 0.689. The van der Waals surface area contributed by atoms with E-state index in [9.17, 15) is 0 Å². The summed E-state index contributed by atoms with van der Waals surface area (Å²) in [4.78, 5) is 0. The number of aryl methyl sites for hydroxylation is 1. The fraction of sp³-hybridized carbons (Fsp3) is 0.235. The Bertz CT molecular complexity index is 749. The van der Waals surface area contributed by atoms with Crippen LogP contribution in [0.15, 0.2) is 48.8 Å². The van der Waals surface area contributed by atoms with Crippen LogP contribution in [0, 0.1) is 6.92 Å². The molecule has 0 aliphatic rings. The normalized spacial score (nSPS) is 10.8. The van der Waals surface area contributed by atoms with E-state index < -0.39 is 0 Å². The number of ether oxygens (including phenoxy) is 1. The van der Waals surface area contributed by atoms with Gasteiger partial charge < -0.3 is 10.1 Å². The summed E-state index contributed by atoms with van der Waals surface area (Å²) in [6.45, 7) is 5.52. The average molecular weight is 281 g/mol. The van der Waals surface area contributed by atoms with E-state index in [2.05, 4.69) is 35.5 Å². The van der Waals surface area contributed by atoms with Crippen LogP contribution in [0.2, 0.25) is 0 Å². The maximum Gasteiger partial charge on any atom is 0.119 e. The van der Waals surface area contributed by atoms with E-state index in [1.54, 1.807) is 0 Å². The topological polar surface area (TPSA) is 38.6 Å². The summed E-state index contributed by atoms with van der Waals surface area (Å²) in [5.41, 5.74) is 4.61. The molecule has 0 spiro atoms. The zero-order chi connectivity index (χ0) is 14.7. The Morgan fingerprint density at radius 2 is 2.14 bits per heavy atom. The van der Waals surface area contributed by atoms with Gasteiger partial charge in [-0.1, -0.05) is 6.07 Å². The molecule has 0 fully saturated rings. The van der Waals surface area contributed by atoms with Gasteiger partial charge in [0.15, 0.2) is 0 Å². The Balaban J connectivity index is 1.75. The highest BCUT2D eigenvalue weighted by Gasteiger charge is 2.05. The fourth-order valence-electron chi connectivity index (χ4n) is 2.41. The third-order valence-corrected chi connectivity index (χ3v) is 3.48. The second-order valence-corrected chi connectivity index (χ2v) is 4.96. The van der Waals surface area contributed by atoms with Crippen molar-refractivity contribution in [2.75, 3.05) is 11.9 Å². The molecule has 3 aromatic rings. The van der Waals surface area contributed by atoms with Gasteiger partial charge in [-0.05, 0) is 49.7 Å². The molecule has 21 heavy (non-hydrogen) atoms. The molecule has 0 atom stereocenters. The summed E-state index contributed by atoms with van der Waals surface area (Å²) in [7, 11) is 0. The smallest absolute Gasteiger partial charge is 0.119 e. The Morgan fingerprint density at radius 3 is 2.95 bits per heavy atom. The van der Waals surface area contributed by atoms with Crippen LogP contribution in [0.1, 0.15) is 18.1 Å². The predicted molar refractivity (Wildman–Crippen MR) is 84.9 cm³/mol. The maximum atomic E-state index is 5.51. The highest BCUT2D eigenvalue weighted by molar-refractivity contribution is 5.58. The highest BCUT2D eigenvalue weighted by atomic mass is 16.5. The molecule has 0 saturated heterocycles. The first-order valence-electron chi connectivity index (χ1n) is 7.16. The van der Waals surface area contributed by atoms with E-state index >= 15 is 0 Å². The number of nitrogens with one attached hydrogen (secondary N) is 1. The molecule has 4 nitrogen and oxygen atoms in total. The summed E-state index contributed by atoms with van der Waals surface area (Å²) in [5, 5.41) is 7.82. The molecule has 4 heteroatoms. The van der Waals surface area contributed by atoms with E-state index in [1.165, 1.54) is 11.1 Å². The number of aromatic nitrogens is 2. The van der Waals surface area contributed by atoms with Crippen molar-refractivity contribution in [1.82, 2.24) is 9.61 Å². The number of anilines is 1. The van der Waals surface area contributed by atoms with Gasteiger partial charge in [0, 0.05) is 24.0 Å². The number of pyridine rings is 1. The fourth-order valence-corrected chi connectivity index (χ4v) is 2.41. The van der Waals surface area contributed by atoms with Crippen molar-refractivity contribution in [2.24, 2.45) is 0 Å². The number of benzene rings is 1.